The highest BCUT2D eigenvalue weighted by Crippen LogP contribution is 2.12. The van der Waals surface area contributed by atoms with Crippen LogP contribution in [0.15, 0.2) is 24.5 Å². The van der Waals surface area contributed by atoms with Gasteiger partial charge >= 0.3 is 0 Å². The summed E-state index contributed by atoms with van der Waals surface area (Å²) < 4.78 is 0. The van der Waals surface area contributed by atoms with E-state index in [1.54, 1.807) is 0 Å². The lowest BCUT2D eigenvalue weighted by Gasteiger charge is -2.26. The Morgan fingerprint density at radius 3 is 2.65 bits per heavy atom. The average molecular weight is 275 g/mol. The second-order valence-corrected chi connectivity index (χ2v) is 5.95. The Balaban J connectivity index is 1.49. The molecule has 0 unspecified atom stereocenters. The average Bonchev–Trinajstić information content (AvgIpc) is 2.52. The second-order valence-electron chi connectivity index (χ2n) is 5.95. The van der Waals surface area contributed by atoms with E-state index in [1.165, 1.54) is 70.3 Å². The standard InChI is InChI=1S/C17H29N3/c1-19(17-10-9-11-18-16-17)12-5-2-3-6-13-20-14-7-4-8-15-20/h9-11,16H,2-8,12-15H2,1H3. The molecule has 3 nitrogen and oxygen atoms in total. The van der Waals surface area contributed by atoms with Gasteiger partial charge in [-0.3, -0.25) is 4.98 Å². The van der Waals surface area contributed by atoms with Crippen molar-refractivity contribution in [3.63, 3.8) is 0 Å². The molecule has 112 valence electrons. The maximum absolute atomic E-state index is 4.17. The van der Waals surface area contributed by atoms with E-state index >= 15 is 0 Å². The Morgan fingerprint density at radius 1 is 1.10 bits per heavy atom. The van der Waals surface area contributed by atoms with Crippen LogP contribution in [-0.4, -0.2) is 43.1 Å². The fourth-order valence-corrected chi connectivity index (χ4v) is 2.93. The molecule has 0 radical (unpaired) electrons. The van der Waals surface area contributed by atoms with Gasteiger partial charge in [0.15, 0.2) is 0 Å². The number of rotatable bonds is 8. The summed E-state index contributed by atoms with van der Waals surface area (Å²) in [4.78, 5) is 9.12. The van der Waals surface area contributed by atoms with Gasteiger partial charge in [0.05, 0.1) is 11.9 Å². The summed E-state index contributed by atoms with van der Waals surface area (Å²) >= 11 is 0. The predicted octanol–water partition coefficient (Wildman–Crippen LogP) is 3.56. The molecule has 1 saturated heterocycles. The van der Waals surface area contributed by atoms with Crippen LogP contribution in [0, 0.1) is 0 Å². The van der Waals surface area contributed by atoms with Crippen LogP contribution < -0.4 is 4.90 Å². The maximum Gasteiger partial charge on any atom is 0.0550 e. The van der Waals surface area contributed by atoms with Crippen molar-refractivity contribution < 1.29 is 0 Å². The van der Waals surface area contributed by atoms with Crippen molar-refractivity contribution in [2.75, 3.05) is 38.1 Å². The molecule has 0 spiro atoms. The first-order valence-corrected chi connectivity index (χ1v) is 8.20. The molecule has 0 N–H and O–H groups in total. The number of aromatic nitrogens is 1. The Bertz CT molecular complexity index is 347. The SMILES string of the molecule is CN(CCCCCCN1CCCCC1)c1cccnc1. The molecule has 1 aliphatic rings. The van der Waals surface area contributed by atoms with E-state index < -0.39 is 0 Å². The minimum atomic E-state index is 1.13. The lowest BCUT2D eigenvalue weighted by atomic mass is 10.1. The Kier molecular flexibility index (Phi) is 6.85. The van der Waals surface area contributed by atoms with Gasteiger partial charge in [-0.2, -0.15) is 0 Å². The molecular weight excluding hydrogens is 246 g/mol. The van der Waals surface area contributed by atoms with Gasteiger partial charge in [-0.1, -0.05) is 19.3 Å². The van der Waals surface area contributed by atoms with E-state index in [-0.39, 0.29) is 0 Å². The van der Waals surface area contributed by atoms with Crippen molar-refractivity contribution in [1.29, 1.82) is 0 Å². The van der Waals surface area contributed by atoms with Gasteiger partial charge in [0, 0.05) is 19.8 Å². The monoisotopic (exact) mass is 275 g/mol. The van der Waals surface area contributed by atoms with Crippen molar-refractivity contribution in [2.24, 2.45) is 0 Å². The van der Waals surface area contributed by atoms with Crippen LogP contribution in [0.25, 0.3) is 0 Å². The van der Waals surface area contributed by atoms with Crippen molar-refractivity contribution in [1.82, 2.24) is 9.88 Å². The van der Waals surface area contributed by atoms with Crippen LogP contribution in [0.5, 0.6) is 0 Å². The first-order valence-electron chi connectivity index (χ1n) is 8.20. The smallest absolute Gasteiger partial charge is 0.0550 e. The van der Waals surface area contributed by atoms with E-state index in [1.807, 2.05) is 18.5 Å². The third-order valence-corrected chi connectivity index (χ3v) is 4.25. The molecule has 3 heteroatoms. The van der Waals surface area contributed by atoms with Crippen molar-refractivity contribution >= 4 is 5.69 Å². The number of hydrogen-bond acceptors (Lipinski definition) is 3. The highest BCUT2D eigenvalue weighted by atomic mass is 15.1. The highest BCUT2D eigenvalue weighted by molar-refractivity contribution is 5.42. The molecule has 2 rings (SSSR count). The quantitative estimate of drug-likeness (QED) is 0.676. The number of piperidine rings is 1. The van der Waals surface area contributed by atoms with Crippen molar-refractivity contribution in [3.05, 3.63) is 24.5 Å². The molecule has 0 atom stereocenters. The van der Waals surface area contributed by atoms with Gasteiger partial charge in [-0.25, -0.2) is 0 Å². The summed E-state index contributed by atoms with van der Waals surface area (Å²) in [6, 6.07) is 4.13. The Labute approximate surface area is 124 Å². The fraction of sp³-hybridized carbons (Fsp3) is 0.706. The molecule has 0 saturated carbocycles. The zero-order valence-electron chi connectivity index (χ0n) is 12.9. The Morgan fingerprint density at radius 2 is 1.90 bits per heavy atom. The summed E-state index contributed by atoms with van der Waals surface area (Å²) in [6.45, 7) is 5.13. The summed E-state index contributed by atoms with van der Waals surface area (Å²) in [5, 5.41) is 0. The number of hydrogen-bond donors (Lipinski definition) is 0. The second kappa shape index (κ2) is 8.96. The lowest BCUT2D eigenvalue weighted by molar-refractivity contribution is 0.224. The minimum Gasteiger partial charge on any atom is -0.373 e. The van der Waals surface area contributed by atoms with Gasteiger partial charge in [-0.15, -0.1) is 0 Å². The van der Waals surface area contributed by atoms with Crippen molar-refractivity contribution in [3.8, 4) is 0 Å². The third-order valence-electron chi connectivity index (χ3n) is 4.25. The van der Waals surface area contributed by atoms with Crippen LogP contribution in [0.3, 0.4) is 0 Å². The van der Waals surface area contributed by atoms with E-state index in [4.69, 9.17) is 0 Å². The number of likely N-dealkylation sites (tertiary alicyclic amines) is 1. The fourth-order valence-electron chi connectivity index (χ4n) is 2.93. The predicted molar refractivity (Wildman–Crippen MR) is 86.3 cm³/mol. The van der Waals surface area contributed by atoms with Crippen LogP contribution in [0.1, 0.15) is 44.9 Å². The van der Waals surface area contributed by atoms with E-state index in [0.717, 1.165) is 6.54 Å². The zero-order chi connectivity index (χ0) is 14.0. The lowest BCUT2D eigenvalue weighted by Crippen LogP contribution is -2.30. The summed E-state index contributed by atoms with van der Waals surface area (Å²) in [7, 11) is 2.16. The molecule has 0 aromatic carbocycles. The summed E-state index contributed by atoms with van der Waals surface area (Å²) in [5.41, 5.74) is 1.22. The zero-order valence-corrected chi connectivity index (χ0v) is 12.9. The number of anilines is 1. The van der Waals surface area contributed by atoms with Gasteiger partial charge in [0.2, 0.25) is 0 Å². The van der Waals surface area contributed by atoms with Crippen LogP contribution in [0.2, 0.25) is 0 Å². The van der Waals surface area contributed by atoms with Crippen LogP contribution in [-0.2, 0) is 0 Å². The molecule has 0 bridgehead atoms. The van der Waals surface area contributed by atoms with Gasteiger partial charge < -0.3 is 9.80 Å². The van der Waals surface area contributed by atoms with Gasteiger partial charge in [0.25, 0.3) is 0 Å². The van der Waals surface area contributed by atoms with Crippen LogP contribution in [0.4, 0.5) is 5.69 Å². The summed E-state index contributed by atoms with van der Waals surface area (Å²) in [6.07, 6.45) is 13.4. The first-order chi connectivity index (χ1) is 9.86. The minimum absolute atomic E-state index is 1.13. The van der Waals surface area contributed by atoms with Crippen molar-refractivity contribution in [2.45, 2.75) is 44.9 Å². The normalized spacial score (nSPS) is 16.2. The number of unbranched alkanes of at least 4 members (excludes halogenated alkanes) is 3. The molecule has 0 amide bonds. The number of nitrogens with zero attached hydrogens (tertiary/aromatic N) is 3. The highest BCUT2D eigenvalue weighted by Gasteiger charge is 2.08. The third kappa shape index (κ3) is 5.49. The molecule has 0 aliphatic carbocycles. The largest absolute Gasteiger partial charge is 0.373 e. The topological polar surface area (TPSA) is 19.4 Å². The van der Waals surface area contributed by atoms with E-state index in [0.29, 0.717) is 0 Å². The molecule has 1 aromatic heterocycles. The number of pyridine rings is 1. The molecule has 2 heterocycles. The molecule has 1 fully saturated rings. The van der Waals surface area contributed by atoms with Gasteiger partial charge in [0.1, 0.15) is 0 Å². The molecule has 20 heavy (non-hydrogen) atoms. The molecule has 1 aliphatic heterocycles. The summed E-state index contributed by atoms with van der Waals surface area (Å²) in [5.74, 6) is 0. The van der Waals surface area contributed by atoms with E-state index in [9.17, 15) is 0 Å². The van der Waals surface area contributed by atoms with Crippen LogP contribution >= 0.6 is 0 Å². The van der Waals surface area contributed by atoms with E-state index in [2.05, 4.69) is 27.9 Å². The van der Waals surface area contributed by atoms with Gasteiger partial charge in [-0.05, 0) is 57.5 Å². The Hall–Kier alpha value is -1.09. The maximum atomic E-state index is 4.17. The molecule has 1 aromatic rings. The molecular formula is C17H29N3. The first kappa shape index (κ1) is 15.3.